The summed E-state index contributed by atoms with van der Waals surface area (Å²) in [5.74, 6) is -0.169. The van der Waals surface area contributed by atoms with Gasteiger partial charge in [-0.1, -0.05) is 24.3 Å². The van der Waals surface area contributed by atoms with Crippen LogP contribution < -0.4 is 0 Å². The predicted octanol–water partition coefficient (Wildman–Crippen LogP) is 3.58. The van der Waals surface area contributed by atoms with Crippen LogP contribution in [0.3, 0.4) is 0 Å². The summed E-state index contributed by atoms with van der Waals surface area (Å²) in [7, 11) is 1.84. The Balaban J connectivity index is 1.53. The number of benzene rings is 2. The number of carbonyl (C=O) groups excluding carboxylic acids is 1. The maximum absolute atomic E-state index is 13.1. The summed E-state index contributed by atoms with van der Waals surface area (Å²) in [4.78, 5) is 17.7. The van der Waals surface area contributed by atoms with Gasteiger partial charge < -0.3 is 9.64 Å². The van der Waals surface area contributed by atoms with Gasteiger partial charge in [-0.3, -0.25) is 9.69 Å². The van der Waals surface area contributed by atoms with Crippen molar-refractivity contribution in [2.45, 2.75) is 17.5 Å². The van der Waals surface area contributed by atoms with Gasteiger partial charge in [0.1, 0.15) is 5.82 Å². The van der Waals surface area contributed by atoms with E-state index in [0.29, 0.717) is 26.2 Å². The van der Waals surface area contributed by atoms with Crippen molar-refractivity contribution in [3.05, 3.63) is 65.5 Å². The average Bonchev–Trinajstić information content (AvgIpc) is 2.69. The molecule has 1 amide bonds. The van der Waals surface area contributed by atoms with E-state index in [0.717, 1.165) is 17.7 Å². The van der Waals surface area contributed by atoms with E-state index in [1.165, 1.54) is 17.0 Å². The van der Waals surface area contributed by atoms with Gasteiger partial charge in [0, 0.05) is 31.6 Å². The lowest BCUT2D eigenvalue weighted by molar-refractivity contribution is -0.133. The first-order chi connectivity index (χ1) is 13.0. The van der Waals surface area contributed by atoms with Crippen LogP contribution in [0.2, 0.25) is 0 Å². The highest BCUT2D eigenvalue weighted by molar-refractivity contribution is 7.98. The topological polar surface area (TPSA) is 32.8 Å². The molecule has 0 saturated carbocycles. The fraction of sp³-hybridized carbons (Fsp3) is 0.381. The number of amides is 1. The summed E-state index contributed by atoms with van der Waals surface area (Å²) < 4.78 is 18.9. The van der Waals surface area contributed by atoms with E-state index in [9.17, 15) is 9.18 Å². The van der Waals surface area contributed by atoms with Gasteiger partial charge in [0.15, 0.2) is 0 Å². The molecule has 27 heavy (non-hydrogen) atoms. The van der Waals surface area contributed by atoms with Gasteiger partial charge in [-0.2, -0.15) is 0 Å². The molecule has 0 bridgehead atoms. The quantitative estimate of drug-likeness (QED) is 0.708. The van der Waals surface area contributed by atoms with E-state index in [1.807, 2.05) is 13.3 Å². The molecule has 2 aromatic rings. The fourth-order valence-corrected chi connectivity index (χ4v) is 3.54. The number of hydrogen-bond donors (Lipinski definition) is 0. The molecule has 3 rings (SSSR count). The lowest BCUT2D eigenvalue weighted by Gasteiger charge is -2.33. The predicted molar refractivity (Wildman–Crippen MR) is 106 cm³/mol. The number of carbonyl (C=O) groups is 1. The third-order valence-electron chi connectivity index (χ3n) is 4.76. The van der Waals surface area contributed by atoms with Crippen LogP contribution in [-0.2, 0) is 16.1 Å². The number of ether oxygens (including phenoxy) is 1. The Kier molecular flexibility index (Phi) is 6.88. The molecular weight excluding hydrogens is 363 g/mol. The monoisotopic (exact) mass is 388 g/mol. The second kappa shape index (κ2) is 9.35. The lowest BCUT2D eigenvalue weighted by atomic mass is 10.1. The zero-order chi connectivity index (χ0) is 19.2. The number of hydrogen-bond acceptors (Lipinski definition) is 4. The SMILES string of the molecule is CSc1ccc(CN(C)C(=O)CN2CCO[C@@H](c3ccc(F)cc3)C2)cc1. The van der Waals surface area contributed by atoms with Crippen molar-refractivity contribution in [1.82, 2.24) is 9.80 Å². The summed E-state index contributed by atoms with van der Waals surface area (Å²) >= 11 is 1.71. The number of nitrogens with zero attached hydrogens (tertiary/aromatic N) is 2. The Hall–Kier alpha value is -1.89. The smallest absolute Gasteiger partial charge is 0.236 e. The molecule has 1 heterocycles. The number of rotatable bonds is 6. The van der Waals surface area contributed by atoms with Crippen molar-refractivity contribution in [1.29, 1.82) is 0 Å². The van der Waals surface area contributed by atoms with Crippen molar-refractivity contribution in [3.8, 4) is 0 Å². The minimum Gasteiger partial charge on any atom is -0.371 e. The van der Waals surface area contributed by atoms with Crippen LogP contribution in [0.5, 0.6) is 0 Å². The summed E-state index contributed by atoms with van der Waals surface area (Å²) in [6.07, 6.45) is 1.92. The molecule has 6 heteroatoms. The van der Waals surface area contributed by atoms with Crippen LogP contribution in [-0.4, -0.2) is 55.3 Å². The molecule has 0 aliphatic carbocycles. The van der Waals surface area contributed by atoms with Crippen molar-refractivity contribution in [3.63, 3.8) is 0 Å². The number of likely N-dealkylation sites (N-methyl/N-ethyl adjacent to an activating group) is 1. The number of morpholine rings is 1. The Labute approximate surface area is 164 Å². The van der Waals surface area contributed by atoms with Gasteiger partial charge in [0.25, 0.3) is 0 Å². The molecule has 1 saturated heterocycles. The van der Waals surface area contributed by atoms with Crippen LogP contribution in [0.25, 0.3) is 0 Å². The standard InChI is InChI=1S/C21H25FN2O2S/c1-23(13-16-3-9-19(27-2)10-4-16)21(25)15-24-11-12-26-20(14-24)17-5-7-18(22)8-6-17/h3-10,20H,11-15H2,1-2H3/t20-/m1/s1. The van der Waals surface area contributed by atoms with E-state index >= 15 is 0 Å². The number of thioether (sulfide) groups is 1. The van der Waals surface area contributed by atoms with Gasteiger partial charge in [-0.25, -0.2) is 4.39 Å². The van der Waals surface area contributed by atoms with E-state index in [1.54, 1.807) is 28.8 Å². The zero-order valence-electron chi connectivity index (χ0n) is 15.7. The Morgan fingerprint density at radius 1 is 1.22 bits per heavy atom. The molecule has 0 aromatic heterocycles. The van der Waals surface area contributed by atoms with Gasteiger partial charge in [-0.05, 0) is 41.6 Å². The first-order valence-electron chi connectivity index (χ1n) is 9.01. The van der Waals surface area contributed by atoms with Gasteiger partial charge >= 0.3 is 0 Å². The van der Waals surface area contributed by atoms with Crippen LogP contribution >= 0.6 is 11.8 Å². The van der Waals surface area contributed by atoms with Crippen molar-refractivity contribution >= 4 is 17.7 Å². The molecule has 4 nitrogen and oxygen atoms in total. The third kappa shape index (κ3) is 5.54. The summed E-state index contributed by atoms with van der Waals surface area (Å²) in [5.41, 5.74) is 2.06. The lowest BCUT2D eigenvalue weighted by Crippen LogP contribution is -2.44. The van der Waals surface area contributed by atoms with Crippen LogP contribution in [0.15, 0.2) is 53.4 Å². The van der Waals surface area contributed by atoms with Crippen molar-refractivity contribution < 1.29 is 13.9 Å². The summed E-state index contributed by atoms with van der Waals surface area (Å²) in [5, 5.41) is 0. The Morgan fingerprint density at radius 2 is 1.93 bits per heavy atom. The molecule has 1 aliphatic heterocycles. The minimum absolute atomic E-state index is 0.0868. The maximum atomic E-state index is 13.1. The second-order valence-electron chi connectivity index (χ2n) is 6.74. The third-order valence-corrected chi connectivity index (χ3v) is 5.50. The first-order valence-corrected chi connectivity index (χ1v) is 10.2. The van der Waals surface area contributed by atoms with E-state index in [4.69, 9.17) is 4.74 Å². The van der Waals surface area contributed by atoms with E-state index < -0.39 is 0 Å². The summed E-state index contributed by atoms with van der Waals surface area (Å²) in [6, 6.07) is 14.7. The van der Waals surface area contributed by atoms with Gasteiger partial charge in [0.2, 0.25) is 5.91 Å². The van der Waals surface area contributed by atoms with Crippen molar-refractivity contribution in [2.24, 2.45) is 0 Å². The molecule has 1 fully saturated rings. The number of halogens is 1. The Bertz CT molecular complexity index is 752. The molecule has 144 valence electrons. The van der Waals surface area contributed by atoms with Crippen LogP contribution in [0.1, 0.15) is 17.2 Å². The van der Waals surface area contributed by atoms with Crippen LogP contribution in [0.4, 0.5) is 4.39 Å². The molecule has 0 unspecified atom stereocenters. The van der Waals surface area contributed by atoms with Gasteiger partial charge in [-0.15, -0.1) is 11.8 Å². The molecular formula is C21H25FN2O2S. The van der Waals surface area contributed by atoms with Gasteiger partial charge in [0.05, 0.1) is 19.3 Å². The molecule has 1 aliphatic rings. The molecule has 0 radical (unpaired) electrons. The molecule has 0 spiro atoms. The normalized spacial score (nSPS) is 17.7. The maximum Gasteiger partial charge on any atom is 0.236 e. The molecule has 0 N–H and O–H groups in total. The highest BCUT2D eigenvalue weighted by Crippen LogP contribution is 2.22. The van der Waals surface area contributed by atoms with Crippen molar-refractivity contribution in [2.75, 3.05) is 39.5 Å². The highest BCUT2D eigenvalue weighted by atomic mass is 32.2. The average molecular weight is 389 g/mol. The van der Waals surface area contributed by atoms with E-state index in [-0.39, 0.29) is 17.8 Å². The second-order valence-corrected chi connectivity index (χ2v) is 7.62. The highest BCUT2D eigenvalue weighted by Gasteiger charge is 2.24. The largest absolute Gasteiger partial charge is 0.371 e. The first kappa shape index (κ1) is 19.9. The molecule has 2 aromatic carbocycles. The molecule has 1 atom stereocenters. The summed E-state index contributed by atoms with van der Waals surface area (Å²) in [6.45, 7) is 2.88. The Morgan fingerprint density at radius 3 is 2.59 bits per heavy atom. The van der Waals surface area contributed by atoms with Crippen LogP contribution in [0, 0.1) is 5.82 Å². The fourth-order valence-electron chi connectivity index (χ4n) is 3.13. The zero-order valence-corrected chi connectivity index (χ0v) is 16.5. The van der Waals surface area contributed by atoms with E-state index in [2.05, 4.69) is 29.2 Å². The minimum atomic E-state index is -0.256.